The van der Waals surface area contributed by atoms with E-state index in [0.717, 1.165) is 52.4 Å². The standard InChI is InChI=1S/C25H26N3O2P/c1-16-4-9-21-22-14-18(15-27-24(22)25(26)28-23(21)12-16)5-6-19-7-8-20(13-17(19)2)30-10-3-11-31-29/h4,7-9,12-15H,3,5-6,10-11H2,1-2H3,(H2,26,28). The van der Waals surface area contributed by atoms with Crippen LogP contribution in [0.1, 0.15) is 28.7 Å². The molecule has 0 atom stereocenters. The van der Waals surface area contributed by atoms with E-state index in [1.165, 1.54) is 16.7 Å². The van der Waals surface area contributed by atoms with Crippen LogP contribution in [0.25, 0.3) is 21.8 Å². The van der Waals surface area contributed by atoms with Crippen molar-refractivity contribution in [2.24, 2.45) is 0 Å². The van der Waals surface area contributed by atoms with Gasteiger partial charge in [-0.2, -0.15) is 0 Å². The number of aryl methyl sites for hydroxylation is 4. The Labute approximate surface area is 183 Å². The Morgan fingerprint density at radius 3 is 2.71 bits per heavy atom. The van der Waals surface area contributed by atoms with E-state index < -0.39 is 0 Å². The second kappa shape index (κ2) is 9.40. The molecular formula is C25H26N3O2P. The number of nitrogen functional groups attached to an aromatic ring is 1. The Morgan fingerprint density at radius 2 is 1.90 bits per heavy atom. The number of aromatic nitrogens is 2. The number of fused-ring (bicyclic) bond motifs is 3. The van der Waals surface area contributed by atoms with Gasteiger partial charge in [0.15, 0.2) is 14.3 Å². The summed E-state index contributed by atoms with van der Waals surface area (Å²) < 4.78 is 16.2. The fraction of sp³-hybridized carbons (Fsp3) is 0.280. The molecule has 31 heavy (non-hydrogen) atoms. The van der Waals surface area contributed by atoms with Gasteiger partial charge in [0.1, 0.15) is 11.3 Å². The van der Waals surface area contributed by atoms with E-state index in [2.05, 4.69) is 60.2 Å². The summed E-state index contributed by atoms with van der Waals surface area (Å²) in [4.78, 5) is 9.15. The summed E-state index contributed by atoms with van der Waals surface area (Å²) >= 11 is 0. The third-order valence-electron chi connectivity index (χ3n) is 5.53. The smallest absolute Gasteiger partial charge is 0.155 e. The van der Waals surface area contributed by atoms with Crippen LogP contribution in [0, 0.1) is 13.8 Å². The first-order valence-electron chi connectivity index (χ1n) is 10.5. The van der Waals surface area contributed by atoms with E-state index in [0.29, 0.717) is 18.6 Å². The van der Waals surface area contributed by atoms with Gasteiger partial charge >= 0.3 is 0 Å². The third-order valence-corrected chi connectivity index (χ3v) is 6.03. The molecule has 0 fully saturated rings. The lowest BCUT2D eigenvalue weighted by Crippen LogP contribution is -2.00. The third kappa shape index (κ3) is 4.83. The van der Waals surface area contributed by atoms with Gasteiger partial charge in [0.2, 0.25) is 0 Å². The summed E-state index contributed by atoms with van der Waals surface area (Å²) in [6, 6.07) is 14.7. The van der Waals surface area contributed by atoms with Crippen LogP contribution in [0.4, 0.5) is 5.82 Å². The molecule has 0 saturated heterocycles. The maximum absolute atomic E-state index is 10.5. The van der Waals surface area contributed by atoms with E-state index in [1.807, 2.05) is 12.3 Å². The molecule has 2 aromatic carbocycles. The van der Waals surface area contributed by atoms with E-state index in [-0.39, 0.29) is 8.46 Å². The van der Waals surface area contributed by atoms with Gasteiger partial charge in [-0.15, -0.1) is 0 Å². The summed E-state index contributed by atoms with van der Waals surface area (Å²) in [6.07, 6.45) is 5.14. The number of pyridine rings is 2. The first-order valence-corrected chi connectivity index (χ1v) is 11.5. The van der Waals surface area contributed by atoms with Gasteiger partial charge in [-0.1, -0.05) is 18.2 Å². The van der Waals surface area contributed by atoms with Crippen LogP contribution in [0.5, 0.6) is 5.75 Å². The summed E-state index contributed by atoms with van der Waals surface area (Å²) in [7, 11) is 0.176. The molecule has 0 aliphatic rings. The molecule has 0 radical (unpaired) electrons. The van der Waals surface area contributed by atoms with E-state index in [4.69, 9.17) is 10.5 Å². The molecule has 6 heteroatoms. The number of benzene rings is 2. The Kier molecular flexibility index (Phi) is 6.43. The molecule has 0 unspecified atom stereocenters. The molecular weight excluding hydrogens is 405 g/mol. The minimum absolute atomic E-state index is 0.176. The van der Waals surface area contributed by atoms with Gasteiger partial charge in [-0.3, -0.25) is 9.55 Å². The van der Waals surface area contributed by atoms with Crippen molar-refractivity contribution in [3.05, 3.63) is 70.9 Å². The fourth-order valence-corrected chi connectivity index (χ4v) is 4.09. The zero-order valence-electron chi connectivity index (χ0n) is 17.9. The highest BCUT2D eigenvalue weighted by atomic mass is 31.1. The van der Waals surface area contributed by atoms with Gasteiger partial charge in [-0.05, 0) is 79.6 Å². The second-order valence-corrected chi connectivity index (χ2v) is 8.61. The summed E-state index contributed by atoms with van der Waals surface area (Å²) in [5.74, 6) is 1.33. The maximum atomic E-state index is 10.5. The van der Waals surface area contributed by atoms with Crippen LogP contribution in [-0.2, 0) is 17.4 Å². The first-order chi connectivity index (χ1) is 15.0. The molecule has 0 bridgehead atoms. The van der Waals surface area contributed by atoms with Crippen LogP contribution < -0.4 is 10.5 Å². The Morgan fingerprint density at radius 1 is 1.03 bits per heavy atom. The highest BCUT2D eigenvalue weighted by molar-refractivity contribution is 7.23. The highest BCUT2D eigenvalue weighted by Crippen LogP contribution is 2.28. The Hall–Kier alpha value is -3.04. The van der Waals surface area contributed by atoms with Crippen molar-refractivity contribution in [2.75, 3.05) is 18.5 Å². The average molecular weight is 431 g/mol. The first kappa shape index (κ1) is 21.2. The van der Waals surface area contributed by atoms with Crippen molar-refractivity contribution in [1.82, 2.24) is 9.97 Å². The van der Waals surface area contributed by atoms with Gasteiger partial charge in [-0.25, -0.2) is 4.98 Å². The number of hydrogen-bond donors (Lipinski definition) is 1. The van der Waals surface area contributed by atoms with Crippen LogP contribution in [0.15, 0.2) is 48.7 Å². The minimum atomic E-state index is 0.176. The van der Waals surface area contributed by atoms with E-state index in [1.54, 1.807) is 0 Å². The van der Waals surface area contributed by atoms with Crippen molar-refractivity contribution < 1.29 is 9.30 Å². The molecule has 5 nitrogen and oxygen atoms in total. The predicted molar refractivity (Wildman–Crippen MR) is 127 cm³/mol. The predicted octanol–water partition coefficient (Wildman–Crippen LogP) is 5.83. The largest absolute Gasteiger partial charge is 0.494 e. The van der Waals surface area contributed by atoms with Crippen molar-refractivity contribution in [3.8, 4) is 5.75 Å². The quantitative estimate of drug-likeness (QED) is 0.216. The molecule has 0 aliphatic heterocycles. The fourth-order valence-electron chi connectivity index (χ4n) is 3.84. The lowest BCUT2D eigenvalue weighted by Gasteiger charge is -2.11. The van der Waals surface area contributed by atoms with Crippen molar-refractivity contribution >= 4 is 36.1 Å². The minimum Gasteiger partial charge on any atom is -0.494 e. The number of rotatable bonds is 8. The Balaban J connectivity index is 1.52. The SMILES string of the molecule is Cc1ccc2c(c1)nc(N)c1ncc(CCc3ccc(OCCCP=O)cc3C)cc12. The average Bonchev–Trinajstić information content (AvgIpc) is 2.76. The van der Waals surface area contributed by atoms with Crippen molar-refractivity contribution in [3.63, 3.8) is 0 Å². The van der Waals surface area contributed by atoms with Crippen LogP contribution in [0.2, 0.25) is 0 Å². The number of nitrogens with two attached hydrogens (primary N) is 1. The molecule has 0 spiro atoms. The molecule has 2 N–H and O–H groups in total. The molecule has 4 rings (SSSR count). The molecule has 158 valence electrons. The summed E-state index contributed by atoms with van der Waals surface area (Å²) in [5.41, 5.74) is 12.7. The normalized spacial score (nSPS) is 11.4. The number of hydrogen-bond acceptors (Lipinski definition) is 5. The zero-order valence-corrected chi connectivity index (χ0v) is 18.8. The van der Waals surface area contributed by atoms with E-state index in [9.17, 15) is 4.57 Å². The van der Waals surface area contributed by atoms with E-state index >= 15 is 0 Å². The maximum Gasteiger partial charge on any atom is 0.155 e. The molecule has 0 amide bonds. The van der Waals surface area contributed by atoms with Crippen molar-refractivity contribution in [1.29, 1.82) is 0 Å². The number of nitrogens with zero attached hydrogens (tertiary/aromatic N) is 2. The van der Waals surface area contributed by atoms with Gasteiger partial charge in [0.05, 0.1) is 12.1 Å². The van der Waals surface area contributed by atoms with Crippen LogP contribution in [0.3, 0.4) is 0 Å². The molecule has 2 aromatic heterocycles. The second-order valence-electron chi connectivity index (χ2n) is 7.90. The van der Waals surface area contributed by atoms with Gasteiger partial charge in [0.25, 0.3) is 0 Å². The molecule has 0 aliphatic carbocycles. The monoisotopic (exact) mass is 431 g/mol. The number of anilines is 1. The van der Waals surface area contributed by atoms with Gasteiger partial charge < -0.3 is 10.5 Å². The number of ether oxygens (including phenoxy) is 1. The molecule has 4 aromatic rings. The summed E-state index contributed by atoms with van der Waals surface area (Å²) in [6.45, 7) is 4.75. The lowest BCUT2D eigenvalue weighted by atomic mass is 9.99. The highest BCUT2D eigenvalue weighted by Gasteiger charge is 2.10. The van der Waals surface area contributed by atoms with Crippen LogP contribution >= 0.6 is 8.46 Å². The topological polar surface area (TPSA) is 78.1 Å². The summed E-state index contributed by atoms with van der Waals surface area (Å²) in [5, 5.41) is 2.14. The van der Waals surface area contributed by atoms with Gasteiger partial charge in [0, 0.05) is 23.1 Å². The zero-order chi connectivity index (χ0) is 21.8. The molecule has 0 saturated carbocycles. The van der Waals surface area contributed by atoms with Crippen LogP contribution in [-0.4, -0.2) is 22.7 Å². The van der Waals surface area contributed by atoms with Crippen molar-refractivity contribution in [2.45, 2.75) is 33.1 Å². The molecule has 2 heterocycles. The lowest BCUT2D eigenvalue weighted by molar-refractivity contribution is 0.318. The Bertz CT molecular complexity index is 1260.